The Morgan fingerprint density at radius 2 is 1.35 bits per heavy atom. The molecular formula is C18H36ClNO3. The Morgan fingerprint density at radius 1 is 0.913 bits per heavy atom. The van der Waals surface area contributed by atoms with E-state index in [4.69, 9.17) is 10.5 Å². The third-order valence-electron chi connectivity index (χ3n) is 4.63. The van der Waals surface area contributed by atoms with Crippen molar-refractivity contribution in [1.29, 1.82) is 0 Å². The summed E-state index contributed by atoms with van der Waals surface area (Å²) in [5, 5.41) is 9.73. The highest BCUT2D eigenvalue weighted by molar-refractivity contribution is 5.85. The molecule has 5 heteroatoms. The number of aliphatic hydroxyl groups excluding tert-OH is 1. The maximum absolute atomic E-state index is 11.2. The van der Waals surface area contributed by atoms with E-state index in [9.17, 15) is 9.90 Å². The number of hydrogen-bond acceptors (Lipinski definition) is 4. The summed E-state index contributed by atoms with van der Waals surface area (Å²) in [5.41, 5.74) is 5.52. The molecule has 0 aromatic carbocycles. The van der Waals surface area contributed by atoms with E-state index < -0.39 is 18.1 Å². The number of aliphatic hydroxyl groups is 1. The van der Waals surface area contributed by atoms with Crippen molar-refractivity contribution in [3.05, 3.63) is 0 Å². The van der Waals surface area contributed by atoms with E-state index in [1.165, 1.54) is 64.2 Å². The summed E-state index contributed by atoms with van der Waals surface area (Å²) >= 11 is 0. The summed E-state index contributed by atoms with van der Waals surface area (Å²) in [6.45, 7) is 2.26. The molecule has 0 saturated carbocycles. The van der Waals surface area contributed by atoms with E-state index in [1.807, 2.05) is 0 Å². The summed E-state index contributed by atoms with van der Waals surface area (Å²) in [5.74, 6) is -0.462. The molecule has 1 aliphatic rings. The molecule has 23 heavy (non-hydrogen) atoms. The van der Waals surface area contributed by atoms with Gasteiger partial charge in [-0.15, -0.1) is 12.4 Å². The van der Waals surface area contributed by atoms with Gasteiger partial charge in [-0.1, -0.05) is 77.6 Å². The zero-order chi connectivity index (χ0) is 16.2. The van der Waals surface area contributed by atoms with E-state index in [0.717, 1.165) is 19.3 Å². The minimum Gasteiger partial charge on any atom is -0.458 e. The van der Waals surface area contributed by atoms with Crippen molar-refractivity contribution < 1.29 is 14.6 Å². The van der Waals surface area contributed by atoms with Gasteiger partial charge in [-0.25, -0.2) is 0 Å². The Kier molecular flexibility index (Phi) is 13.9. The van der Waals surface area contributed by atoms with E-state index in [1.54, 1.807) is 0 Å². The second-order valence-electron chi connectivity index (χ2n) is 6.67. The highest BCUT2D eigenvalue weighted by Crippen LogP contribution is 2.20. The van der Waals surface area contributed by atoms with Crippen LogP contribution in [0.25, 0.3) is 0 Å². The molecule has 1 saturated heterocycles. The van der Waals surface area contributed by atoms with Crippen LogP contribution in [0.15, 0.2) is 0 Å². The Labute approximate surface area is 147 Å². The molecule has 0 radical (unpaired) electrons. The van der Waals surface area contributed by atoms with Crippen molar-refractivity contribution in [2.75, 3.05) is 0 Å². The molecule has 0 aromatic heterocycles. The van der Waals surface area contributed by atoms with Gasteiger partial charge in [0.25, 0.3) is 0 Å². The molecule has 1 heterocycles. The maximum Gasteiger partial charge on any atom is 0.326 e. The average molecular weight is 350 g/mol. The summed E-state index contributed by atoms with van der Waals surface area (Å²) < 4.78 is 5.07. The van der Waals surface area contributed by atoms with Gasteiger partial charge in [0.2, 0.25) is 0 Å². The second kappa shape index (κ2) is 14.1. The molecule has 0 bridgehead atoms. The van der Waals surface area contributed by atoms with Crippen molar-refractivity contribution in [1.82, 2.24) is 0 Å². The minimum atomic E-state index is -0.845. The van der Waals surface area contributed by atoms with E-state index in [2.05, 4.69) is 6.92 Å². The van der Waals surface area contributed by atoms with Gasteiger partial charge in [-0.05, 0) is 12.8 Å². The molecule has 0 amide bonds. The Hall–Kier alpha value is -0.320. The summed E-state index contributed by atoms with van der Waals surface area (Å²) in [6.07, 6.45) is 15.2. The van der Waals surface area contributed by atoms with Crippen LogP contribution in [0, 0.1) is 0 Å². The van der Waals surface area contributed by atoms with Crippen molar-refractivity contribution in [3.8, 4) is 0 Å². The first-order chi connectivity index (χ1) is 10.7. The summed E-state index contributed by atoms with van der Waals surface area (Å²) in [7, 11) is 0. The molecule has 1 fully saturated rings. The molecule has 0 aromatic rings. The number of ether oxygens (including phenoxy) is 1. The Morgan fingerprint density at radius 3 is 1.74 bits per heavy atom. The molecule has 0 spiro atoms. The molecule has 1 rings (SSSR count). The van der Waals surface area contributed by atoms with Crippen LogP contribution in [0.4, 0.5) is 0 Å². The fourth-order valence-corrected chi connectivity index (χ4v) is 3.08. The van der Waals surface area contributed by atoms with Crippen molar-refractivity contribution in [2.24, 2.45) is 5.73 Å². The van der Waals surface area contributed by atoms with Gasteiger partial charge in [0.15, 0.2) is 0 Å². The summed E-state index contributed by atoms with van der Waals surface area (Å²) in [4.78, 5) is 11.2. The van der Waals surface area contributed by atoms with Gasteiger partial charge in [0.05, 0.1) is 0 Å². The van der Waals surface area contributed by atoms with Crippen LogP contribution in [-0.4, -0.2) is 29.3 Å². The first-order valence-electron chi connectivity index (χ1n) is 9.31. The summed E-state index contributed by atoms with van der Waals surface area (Å²) in [6, 6.07) is -0.845. The van der Waals surface area contributed by atoms with Crippen molar-refractivity contribution in [3.63, 3.8) is 0 Å². The smallest absolute Gasteiger partial charge is 0.326 e. The molecule has 1 aliphatic heterocycles. The quantitative estimate of drug-likeness (QED) is 0.387. The van der Waals surface area contributed by atoms with Crippen molar-refractivity contribution in [2.45, 2.75) is 109 Å². The zero-order valence-corrected chi connectivity index (χ0v) is 15.5. The van der Waals surface area contributed by atoms with Crippen LogP contribution < -0.4 is 5.73 Å². The Bertz CT molecular complexity index is 302. The lowest BCUT2D eigenvalue weighted by molar-refractivity contribution is -0.142. The number of esters is 1. The third kappa shape index (κ3) is 9.53. The third-order valence-corrected chi connectivity index (χ3v) is 4.63. The van der Waals surface area contributed by atoms with E-state index >= 15 is 0 Å². The number of unbranched alkanes of at least 4 members (excludes halogenated alkanes) is 11. The number of rotatable bonds is 13. The van der Waals surface area contributed by atoms with Gasteiger partial charge in [0, 0.05) is 0 Å². The van der Waals surface area contributed by atoms with Gasteiger partial charge in [0.1, 0.15) is 18.2 Å². The number of carbonyl (C=O) groups is 1. The standard InChI is InChI=1S/C18H35NO3.ClH/c1-2-3-4-5-6-7-8-9-10-11-12-13-14-15-17(20)16(19)18(21)22-15;/h15-17,20H,2-14,19H2,1H3;1H/t15-,16-,17+;/m1./s1. The van der Waals surface area contributed by atoms with Crippen LogP contribution in [0.2, 0.25) is 0 Å². The first kappa shape index (κ1) is 22.7. The fraction of sp³-hybridized carbons (Fsp3) is 0.944. The fourth-order valence-electron chi connectivity index (χ4n) is 3.08. The number of carbonyl (C=O) groups excluding carboxylic acids is 1. The minimum absolute atomic E-state index is 0. The second-order valence-corrected chi connectivity index (χ2v) is 6.67. The van der Waals surface area contributed by atoms with Gasteiger partial charge in [-0.3, -0.25) is 4.79 Å². The molecule has 4 nitrogen and oxygen atoms in total. The molecule has 0 unspecified atom stereocenters. The lowest BCUT2D eigenvalue weighted by Crippen LogP contribution is -2.38. The van der Waals surface area contributed by atoms with Crippen LogP contribution in [-0.2, 0) is 9.53 Å². The Balaban J connectivity index is 0.00000484. The normalized spacial score (nSPS) is 23.6. The number of hydrogen-bond donors (Lipinski definition) is 2. The molecule has 0 aliphatic carbocycles. The zero-order valence-electron chi connectivity index (χ0n) is 14.7. The number of cyclic esters (lactones) is 1. The van der Waals surface area contributed by atoms with Gasteiger partial charge in [-0.2, -0.15) is 0 Å². The highest BCUT2D eigenvalue weighted by Gasteiger charge is 2.40. The maximum atomic E-state index is 11.2. The average Bonchev–Trinajstić information content (AvgIpc) is 2.75. The van der Waals surface area contributed by atoms with Crippen molar-refractivity contribution >= 4 is 18.4 Å². The van der Waals surface area contributed by atoms with E-state index in [0.29, 0.717) is 0 Å². The predicted molar refractivity (Wildman–Crippen MR) is 96.8 cm³/mol. The van der Waals surface area contributed by atoms with Gasteiger partial charge < -0.3 is 15.6 Å². The lowest BCUT2D eigenvalue weighted by Gasteiger charge is -2.13. The molecule has 3 atom stereocenters. The monoisotopic (exact) mass is 349 g/mol. The SMILES string of the molecule is CCCCCCCCCCCCCC[C@H]1OC(=O)[C@H](N)[C@H]1O.Cl. The largest absolute Gasteiger partial charge is 0.458 e. The molecule has 138 valence electrons. The molecule has 3 N–H and O–H groups in total. The molecular weight excluding hydrogens is 314 g/mol. The highest BCUT2D eigenvalue weighted by atomic mass is 35.5. The predicted octanol–water partition coefficient (Wildman–Crippen LogP) is 4.11. The van der Waals surface area contributed by atoms with Crippen LogP contribution >= 0.6 is 12.4 Å². The van der Waals surface area contributed by atoms with Crippen LogP contribution in [0.1, 0.15) is 90.4 Å². The van der Waals surface area contributed by atoms with Gasteiger partial charge >= 0.3 is 5.97 Å². The van der Waals surface area contributed by atoms with E-state index in [-0.39, 0.29) is 18.5 Å². The first-order valence-corrected chi connectivity index (χ1v) is 9.31. The topological polar surface area (TPSA) is 72.5 Å². The van der Waals surface area contributed by atoms with Crippen LogP contribution in [0.3, 0.4) is 0 Å². The van der Waals surface area contributed by atoms with Crippen LogP contribution in [0.5, 0.6) is 0 Å². The number of halogens is 1. The lowest BCUT2D eigenvalue weighted by atomic mass is 10.0. The number of nitrogens with two attached hydrogens (primary N) is 1.